The van der Waals surface area contributed by atoms with Crippen LogP contribution in [0.5, 0.6) is 0 Å². The summed E-state index contributed by atoms with van der Waals surface area (Å²) in [4.78, 5) is 15.5. The van der Waals surface area contributed by atoms with Gasteiger partial charge < -0.3 is 10.1 Å². The first-order valence-electron chi connectivity index (χ1n) is 5.41. The number of nitrogens with zero attached hydrogens (tertiary/aromatic N) is 1. The zero-order valence-electron chi connectivity index (χ0n) is 9.60. The van der Waals surface area contributed by atoms with Gasteiger partial charge in [0.15, 0.2) is 10.8 Å². The van der Waals surface area contributed by atoms with Gasteiger partial charge in [-0.1, -0.05) is 23.2 Å². The number of carbonyl (C=O) groups excluding carboxylic acids is 1. The van der Waals surface area contributed by atoms with Gasteiger partial charge in [-0.25, -0.2) is 9.78 Å². The minimum atomic E-state index is -0.560. The number of nitrogens with one attached hydrogen (secondary N) is 1. The molecule has 1 aliphatic carbocycles. The first kappa shape index (κ1) is 13.9. The Bertz CT molecular complexity index is 492. The number of anilines is 1. The Kier molecular flexibility index (Phi) is 4.35. The molecule has 0 saturated heterocycles. The molecule has 0 spiro atoms. The van der Waals surface area contributed by atoms with Crippen molar-refractivity contribution in [3.05, 3.63) is 20.3 Å². The zero-order chi connectivity index (χ0) is 13.3. The Morgan fingerprint density at radius 1 is 1.56 bits per heavy atom. The van der Waals surface area contributed by atoms with E-state index in [-0.39, 0.29) is 10.8 Å². The van der Waals surface area contributed by atoms with Gasteiger partial charge in [-0.05, 0) is 34.7 Å². The summed E-state index contributed by atoms with van der Waals surface area (Å²) in [6.07, 6.45) is 2.43. The maximum absolute atomic E-state index is 11.6. The summed E-state index contributed by atoms with van der Waals surface area (Å²) >= 11 is 15.3. The van der Waals surface area contributed by atoms with Crippen molar-refractivity contribution in [1.29, 1.82) is 0 Å². The van der Waals surface area contributed by atoms with Crippen LogP contribution >= 0.6 is 39.1 Å². The molecule has 0 unspecified atom stereocenters. The molecule has 98 valence electrons. The third kappa shape index (κ3) is 2.90. The van der Waals surface area contributed by atoms with E-state index in [1.54, 1.807) is 0 Å². The fourth-order valence-electron chi connectivity index (χ4n) is 1.47. The van der Waals surface area contributed by atoms with E-state index in [2.05, 4.69) is 31.0 Å². The van der Waals surface area contributed by atoms with Crippen LogP contribution in [0, 0.1) is 5.92 Å². The molecule has 0 atom stereocenters. The predicted octanol–water partition coefficient (Wildman–Crippen LogP) is 3.76. The SMILES string of the molecule is COC(=O)c1nc(Cl)c(Cl)c(NCC2CC2)c1Br. The number of ether oxygens (including phenoxy) is 1. The molecular formula is C11H11BrCl2N2O2. The van der Waals surface area contributed by atoms with E-state index >= 15 is 0 Å². The Hall–Kier alpha value is -0.520. The van der Waals surface area contributed by atoms with E-state index < -0.39 is 5.97 Å². The second-order valence-corrected chi connectivity index (χ2v) is 5.60. The molecular weight excluding hydrogens is 343 g/mol. The molecule has 4 nitrogen and oxygen atoms in total. The van der Waals surface area contributed by atoms with Gasteiger partial charge in [-0.2, -0.15) is 0 Å². The lowest BCUT2D eigenvalue weighted by Gasteiger charge is -2.13. The molecule has 1 aromatic rings. The second-order valence-electron chi connectivity index (χ2n) is 4.07. The molecule has 0 bridgehead atoms. The van der Waals surface area contributed by atoms with Gasteiger partial charge in [0.05, 0.1) is 17.3 Å². The van der Waals surface area contributed by atoms with E-state index in [1.165, 1.54) is 20.0 Å². The van der Waals surface area contributed by atoms with Gasteiger partial charge in [0.2, 0.25) is 0 Å². The van der Waals surface area contributed by atoms with Crippen molar-refractivity contribution in [2.45, 2.75) is 12.8 Å². The zero-order valence-corrected chi connectivity index (χ0v) is 12.7. The molecule has 0 aliphatic heterocycles. The van der Waals surface area contributed by atoms with Gasteiger partial charge in [0.1, 0.15) is 5.02 Å². The van der Waals surface area contributed by atoms with E-state index in [4.69, 9.17) is 23.2 Å². The molecule has 7 heteroatoms. The number of hydrogen-bond acceptors (Lipinski definition) is 4. The van der Waals surface area contributed by atoms with E-state index in [0.717, 1.165) is 6.54 Å². The largest absolute Gasteiger partial charge is 0.464 e. The van der Waals surface area contributed by atoms with Crippen molar-refractivity contribution < 1.29 is 9.53 Å². The topological polar surface area (TPSA) is 51.2 Å². The molecule has 1 aliphatic rings. The molecule has 1 aromatic heterocycles. The standard InChI is InChI=1S/C11H11BrCl2N2O2/c1-18-11(17)9-6(12)8(7(13)10(14)16-9)15-4-5-2-3-5/h5H,2-4H2,1H3,(H,15,16). The summed E-state index contributed by atoms with van der Waals surface area (Å²) in [6.45, 7) is 0.805. The molecule has 0 aromatic carbocycles. The Labute approximate surface area is 123 Å². The maximum atomic E-state index is 11.6. The Morgan fingerprint density at radius 2 is 2.22 bits per heavy atom. The highest BCUT2D eigenvalue weighted by Gasteiger charge is 2.24. The van der Waals surface area contributed by atoms with Crippen molar-refractivity contribution in [1.82, 2.24) is 4.98 Å². The number of esters is 1. The number of rotatable bonds is 4. The number of carbonyl (C=O) groups is 1. The van der Waals surface area contributed by atoms with Crippen LogP contribution in [0.15, 0.2) is 4.47 Å². The number of halogens is 3. The number of aromatic nitrogens is 1. The van der Waals surface area contributed by atoms with Crippen molar-refractivity contribution in [3.63, 3.8) is 0 Å². The van der Waals surface area contributed by atoms with Gasteiger partial charge in [0.25, 0.3) is 0 Å². The smallest absolute Gasteiger partial charge is 0.357 e. The van der Waals surface area contributed by atoms with Crippen molar-refractivity contribution in [2.24, 2.45) is 5.92 Å². The highest BCUT2D eigenvalue weighted by atomic mass is 79.9. The van der Waals surface area contributed by atoms with Gasteiger partial charge >= 0.3 is 5.97 Å². The normalized spacial score (nSPS) is 14.4. The fourth-order valence-corrected chi connectivity index (χ4v) is 2.56. The average Bonchev–Trinajstić information content (AvgIpc) is 3.17. The van der Waals surface area contributed by atoms with Gasteiger partial charge in [-0.15, -0.1) is 0 Å². The molecule has 1 heterocycles. The van der Waals surface area contributed by atoms with Crippen LogP contribution in [0.1, 0.15) is 23.3 Å². The van der Waals surface area contributed by atoms with E-state index in [1.807, 2.05) is 0 Å². The maximum Gasteiger partial charge on any atom is 0.357 e. The monoisotopic (exact) mass is 352 g/mol. The summed E-state index contributed by atoms with van der Waals surface area (Å²) in [7, 11) is 1.29. The molecule has 0 radical (unpaired) electrons. The minimum absolute atomic E-state index is 0.0820. The summed E-state index contributed by atoms with van der Waals surface area (Å²) in [5.74, 6) is 0.108. The van der Waals surface area contributed by atoms with Gasteiger partial charge in [-0.3, -0.25) is 0 Å². The third-order valence-electron chi connectivity index (χ3n) is 2.68. The van der Waals surface area contributed by atoms with Crippen LogP contribution in [0.2, 0.25) is 10.2 Å². The first-order chi connectivity index (χ1) is 8.54. The molecule has 1 fully saturated rings. The van der Waals surface area contributed by atoms with Crippen LogP contribution in [-0.4, -0.2) is 24.6 Å². The van der Waals surface area contributed by atoms with Crippen LogP contribution < -0.4 is 5.32 Å². The van der Waals surface area contributed by atoms with E-state index in [9.17, 15) is 4.79 Å². The summed E-state index contributed by atoms with van der Waals surface area (Å²) in [5.41, 5.74) is 0.703. The van der Waals surface area contributed by atoms with Crippen LogP contribution in [0.25, 0.3) is 0 Å². The second kappa shape index (κ2) is 5.63. The highest BCUT2D eigenvalue weighted by Crippen LogP contribution is 2.38. The number of pyridine rings is 1. The first-order valence-corrected chi connectivity index (χ1v) is 6.96. The quantitative estimate of drug-likeness (QED) is 0.661. The highest BCUT2D eigenvalue weighted by molar-refractivity contribution is 9.10. The Balaban J connectivity index is 2.34. The molecule has 18 heavy (non-hydrogen) atoms. The van der Waals surface area contributed by atoms with Crippen molar-refractivity contribution in [2.75, 3.05) is 19.0 Å². The Morgan fingerprint density at radius 3 is 2.78 bits per heavy atom. The number of hydrogen-bond donors (Lipinski definition) is 1. The fraction of sp³-hybridized carbons (Fsp3) is 0.455. The minimum Gasteiger partial charge on any atom is -0.464 e. The van der Waals surface area contributed by atoms with Crippen LogP contribution in [0.4, 0.5) is 5.69 Å². The third-order valence-corrected chi connectivity index (χ3v) is 4.19. The molecule has 2 rings (SSSR count). The van der Waals surface area contributed by atoms with Crippen LogP contribution in [0.3, 0.4) is 0 Å². The van der Waals surface area contributed by atoms with Gasteiger partial charge in [0, 0.05) is 6.54 Å². The van der Waals surface area contributed by atoms with E-state index in [0.29, 0.717) is 21.1 Å². The van der Waals surface area contributed by atoms with Crippen molar-refractivity contribution >= 4 is 50.8 Å². The molecule has 1 saturated carbocycles. The average molecular weight is 354 g/mol. The van der Waals surface area contributed by atoms with Crippen LogP contribution in [-0.2, 0) is 4.74 Å². The molecule has 0 amide bonds. The number of methoxy groups -OCH3 is 1. The predicted molar refractivity (Wildman–Crippen MR) is 74.5 cm³/mol. The summed E-state index contributed by atoms with van der Waals surface area (Å²) < 4.78 is 5.12. The lowest BCUT2D eigenvalue weighted by Crippen LogP contribution is -2.11. The lowest BCUT2D eigenvalue weighted by atomic mass is 10.3. The molecule has 1 N–H and O–H groups in total. The lowest BCUT2D eigenvalue weighted by molar-refractivity contribution is 0.0593. The summed E-state index contributed by atoms with van der Waals surface area (Å²) in [5, 5.41) is 3.58. The van der Waals surface area contributed by atoms with Crippen molar-refractivity contribution in [3.8, 4) is 0 Å². The summed E-state index contributed by atoms with van der Waals surface area (Å²) in [6, 6.07) is 0.